The van der Waals surface area contributed by atoms with Crippen molar-refractivity contribution in [1.29, 1.82) is 0 Å². The Balaban J connectivity index is 2.30. The summed E-state index contributed by atoms with van der Waals surface area (Å²) in [7, 11) is -3.50. The highest BCUT2D eigenvalue weighted by atomic mass is 32.2. The number of thiocarbonyl (C=S) groups is 1. The van der Waals surface area contributed by atoms with Gasteiger partial charge in [0.2, 0.25) is 10.0 Å². The van der Waals surface area contributed by atoms with E-state index in [0.717, 1.165) is 31.2 Å². The molecule has 1 aromatic carbocycles. The monoisotopic (exact) mass is 312 g/mol. The van der Waals surface area contributed by atoms with Gasteiger partial charge in [0, 0.05) is 11.1 Å². The van der Waals surface area contributed by atoms with Gasteiger partial charge >= 0.3 is 0 Å². The summed E-state index contributed by atoms with van der Waals surface area (Å²) in [6.45, 7) is 3.78. The van der Waals surface area contributed by atoms with Gasteiger partial charge < -0.3 is 5.73 Å². The molecule has 0 saturated heterocycles. The summed E-state index contributed by atoms with van der Waals surface area (Å²) in [4.78, 5) is 0.547. The SMILES string of the molecule is Cc1cc(S(=O)(=O)NC2(C)CCCC2)ccc1C(N)=S. The molecule has 0 bridgehead atoms. The zero-order valence-electron chi connectivity index (χ0n) is 11.8. The molecule has 4 nitrogen and oxygen atoms in total. The van der Waals surface area contributed by atoms with Crippen LogP contribution in [0.4, 0.5) is 0 Å². The smallest absolute Gasteiger partial charge is 0.241 e. The molecule has 0 radical (unpaired) electrons. The van der Waals surface area contributed by atoms with Gasteiger partial charge in [-0.15, -0.1) is 0 Å². The van der Waals surface area contributed by atoms with Crippen LogP contribution in [0.15, 0.2) is 23.1 Å². The number of aryl methyl sites for hydroxylation is 1. The van der Waals surface area contributed by atoms with Crippen LogP contribution in [0.25, 0.3) is 0 Å². The highest BCUT2D eigenvalue weighted by Gasteiger charge is 2.33. The van der Waals surface area contributed by atoms with Gasteiger partial charge in [0.25, 0.3) is 0 Å². The van der Waals surface area contributed by atoms with Crippen LogP contribution >= 0.6 is 12.2 Å². The number of sulfonamides is 1. The first-order valence-corrected chi connectivity index (χ1v) is 8.57. The molecule has 1 fully saturated rings. The average molecular weight is 312 g/mol. The Morgan fingerprint density at radius 3 is 2.45 bits per heavy atom. The molecule has 20 heavy (non-hydrogen) atoms. The maximum Gasteiger partial charge on any atom is 0.241 e. The first kappa shape index (κ1) is 15.4. The summed E-state index contributed by atoms with van der Waals surface area (Å²) in [6, 6.07) is 4.85. The summed E-state index contributed by atoms with van der Waals surface area (Å²) in [6.07, 6.45) is 3.91. The van der Waals surface area contributed by atoms with Gasteiger partial charge in [0.1, 0.15) is 4.99 Å². The van der Waals surface area contributed by atoms with Crippen LogP contribution in [0, 0.1) is 6.92 Å². The van der Waals surface area contributed by atoms with Crippen molar-refractivity contribution in [2.75, 3.05) is 0 Å². The normalized spacial score (nSPS) is 18.1. The van der Waals surface area contributed by atoms with E-state index in [-0.39, 0.29) is 15.4 Å². The number of hydrogen-bond acceptors (Lipinski definition) is 3. The quantitative estimate of drug-likeness (QED) is 0.836. The van der Waals surface area contributed by atoms with Crippen LogP contribution < -0.4 is 10.5 Å². The minimum absolute atomic E-state index is 0.267. The molecule has 1 aromatic rings. The highest BCUT2D eigenvalue weighted by Crippen LogP contribution is 2.30. The standard InChI is InChI=1S/C14H20N2O2S2/c1-10-9-11(5-6-12(10)13(15)19)20(17,18)16-14(2)7-3-4-8-14/h5-6,9,16H,3-4,7-8H2,1-2H3,(H2,15,19). The number of rotatable bonds is 4. The molecular weight excluding hydrogens is 292 g/mol. The molecule has 1 saturated carbocycles. The van der Waals surface area contributed by atoms with Gasteiger partial charge in [-0.05, 0) is 44.4 Å². The molecule has 0 atom stereocenters. The Morgan fingerprint density at radius 1 is 1.35 bits per heavy atom. The third kappa shape index (κ3) is 3.19. The van der Waals surface area contributed by atoms with E-state index in [1.54, 1.807) is 18.2 Å². The minimum atomic E-state index is -3.50. The second-order valence-corrected chi connectivity index (χ2v) is 7.84. The van der Waals surface area contributed by atoms with Crippen LogP contribution in [0.2, 0.25) is 0 Å². The average Bonchev–Trinajstić information content (AvgIpc) is 2.74. The van der Waals surface area contributed by atoms with Gasteiger partial charge in [-0.2, -0.15) is 0 Å². The maximum absolute atomic E-state index is 12.5. The van der Waals surface area contributed by atoms with Crippen molar-refractivity contribution in [3.8, 4) is 0 Å². The van der Waals surface area contributed by atoms with Crippen molar-refractivity contribution in [2.24, 2.45) is 5.73 Å². The van der Waals surface area contributed by atoms with Crippen molar-refractivity contribution in [3.63, 3.8) is 0 Å². The Hall–Kier alpha value is -0.980. The van der Waals surface area contributed by atoms with E-state index >= 15 is 0 Å². The van der Waals surface area contributed by atoms with E-state index in [2.05, 4.69) is 4.72 Å². The summed E-state index contributed by atoms with van der Waals surface area (Å²) in [5, 5.41) is 0. The Labute approximate surface area is 125 Å². The van der Waals surface area contributed by atoms with Crippen molar-refractivity contribution >= 4 is 27.2 Å². The lowest BCUT2D eigenvalue weighted by atomic mass is 10.0. The van der Waals surface area contributed by atoms with E-state index in [1.165, 1.54) is 0 Å². The summed E-state index contributed by atoms with van der Waals surface area (Å²) < 4.78 is 27.7. The highest BCUT2D eigenvalue weighted by molar-refractivity contribution is 7.89. The van der Waals surface area contributed by atoms with Gasteiger partial charge in [0.15, 0.2) is 0 Å². The topological polar surface area (TPSA) is 72.2 Å². The molecule has 0 amide bonds. The Bertz CT molecular complexity index is 633. The van der Waals surface area contributed by atoms with Crippen molar-refractivity contribution in [2.45, 2.75) is 50.0 Å². The number of nitrogens with two attached hydrogens (primary N) is 1. The van der Waals surface area contributed by atoms with Crippen LogP contribution in [0.1, 0.15) is 43.7 Å². The van der Waals surface area contributed by atoms with Gasteiger partial charge in [-0.1, -0.05) is 31.1 Å². The molecule has 0 heterocycles. The molecule has 3 N–H and O–H groups in total. The first-order valence-electron chi connectivity index (χ1n) is 6.68. The van der Waals surface area contributed by atoms with Crippen LogP contribution in [0.5, 0.6) is 0 Å². The fourth-order valence-electron chi connectivity index (χ4n) is 2.72. The minimum Gasteiger partial charge on any atom is -0.389 e. The largest absolute Gasteiger partial charge is 0.389 e. The summed E-state index contributed by atoms with van der Waals surface area (Å²) in [5.41, 5.74) is 6.76. The molecule has 0 aromatic heterocycles. The molecule has 0 aliphatic heterocycles. The lowest BCUT2D eigenvalue weighted by Gasteiger charge is -2.25. The molecular formula is C14H20N2O2S2. The predicted molar refractivity (Wildman–Crippen MR) is 84.3 cm³/mol. The molecule has 1 aliphatic carbocycles. The van der Waals surface area contributed by atoms with Crippen LogP contribution in [-0.2, 0) is 10.0 Å². The maximum atomic E-state index is 12.5. The second-order valence-electron chi connectivity index (χ2n) is 5.71. The van der Waals surface area contributed by atoms with E-state index in [4.69, 9.17) is 18.0 Å². The zero-order valence-corrected chi connectivity index (χ0v) is 13.4. The first-order chi connectivity index (χ1) is 9.23. The molecule has 110 valence electrons. The second kappa shape index (κ2) is 5.42. The van der Waals surface area contributed by atoms with E-state index in [9.17, 15) is 8.42 Å². The number of nitrogens with one attached hydrogen (secondary N) is 1. The van der Waals surface area contributed by atoms with Crippen molar-refractivity contribution < 1.29 is 8.42 Å². The van der Waals surface area contributed by atoms with Crippen LogP contribution in [-0.4, -0.2) is 18.9 Å². The summed E-state index contributed by atoms with van der Waals surface area (Å²) in [5.74, 6) is 0. The molecule has 1 aliphatic rings. The van der Waals surface area contributed by atoms with Gasteiger partial charge in [0.05, 0.1) is 4.90 Å². The lowest BCUT2D eigenvalue weighted by Crippen LogP contribution is -2.43. The Morgan fingerprint density at radius 2 is 1.95 bits per heavy atom. The van der Waals surface area contributed by atoms with E-state index in [0.29, 0.717) is 5.56 Å². The van der Waals surface area contributed by atoms with Gasteiger partial charge in [-0.3, -0.25) is 0 Å². The Kier molecular flexibility index (Phi) is 4.18. The van der Waals surface area contributed by atoms with Crippen LogP contribution in [0.3, 0.4) is 0 Å². The third-order valence-corrected chi connectivity index (χ3v) is 5.72. The van der Waals surface area contributed by atoms with Crippen molar-refractivity contribution in [3.05, 3.63) is 29.3 Å². The summed E-state index contributed by atoms with van der Waals surface area (Å²) >= 11 is 4.93. The molecule has 6 heteroatoms. The van der Waals surface area contributed by atoms with E-state index in [1.807, 2.05) is 13.8 Å². The molecule has 0 spiro atoms. The fraction of sp³-hybridized carbons (Fsp3) is 0.500. The van der Waals surface area contributed by atoms with E-state index < -0.39 is 10.0 Å². The number of hydrogen-bond donors (Lipinski definition) is 2. The van der Waals surface area contributed by atoms with Crippen molar-refractivity contribution in [1.82, 2.24) is 4.72 Å². The van der Waals surface area contributed by atoms with Gasteiger partial charge in [-0.25, -0.2) is 13.1 Å². The zero-order chi connectivity index (χ0) is 15.0. The molecule has 0 unspecified atom stereocenters. The third-order valence-electron chi connectivity index (χ3n) is 3.86. The fourth-order valence-corrected chi connectivity index (χ4v) is 4.50. The lowest BCUT2D eigenvalue weighted by molar-refractivity contribution is 0.427. The predicted octanol–water partition coefficient (Wildman–Crippen LogP) is 2.24. The molecule has 2 rings (SSSR count). The number of benzene rings is 1.